The molecule has 0 unspecified atom stereocenters. The Morgan fingerprint density at radius 2 is 1.78 bits per heavy atom. The molecule has 2 aliphatic heterocycles. The Morgan fingerprint density at radius 1 is 1.06 bits per heavy atom. The number of halogens is 4. The number of nitrogens with zero attached hydrogens (tertiary/aromatic N) is 4. The number of amides is 1. The number of ether oxygens (including phenoxy) is 1. The highest BCUT2D eigenvalue weighted by Gasteiger charge is 2.32. The summed E-state index contributed by atoms with van der Waals surface area (Å²) in [5.74, 6) is 0.413. The maximum atomic E-state index is 13.0. The maximum Gasteiger partial charge on any atom is 0.573 e. The summed E-state index contributed by atoms with van der Waals surface area (Å²) in [5.41, 5.74) is 2.31. The fourth-order valence-corrected chi connectivity index (χ4v) is 4.65. The summed E-state index contributed by atoms with van der Waals surface area (Å²) in [6, 6.07) is 8.76. The first-order valence-electron chi connectivity index (χ1n) is 11.2. The van der Waals surface area contributed by atoms with Gasteiger partial charge in [0.25, 0.3) is 5.91 Å². The Hall–Kier alpha value is -3.44. The lowest BCUT2D eigenvalue weighted by Gasteiger charge is -2.23. The number of Topliss-reactive ketones (excluding diaryl/α,β-unsaturated/α-hetero) is 1. The molecule has 12 heteroatoms. The van der Waals surface area contributed by atoms with Crippen molar-refractivity contribution in [3.63, 3.8) is 0 Å². The van der Waals surface area contributed by atoms with Gasteiger partial charge >= 0.3 is 6.36 Å². The van der Waals surface area contributed by atoms with Crippen LogP contribution in [0.3, 0.4) is 0 Å². The van der Waals surface area contributed by atoms with Gasteiger partial charge in [0.2, 0.25) is 11.7 Å². The molecule has 0 atom stereocenters. The van der Waals surface area contributed by atoms with Crippen LogP contribution in [-0.2, 0) is 24.4 Å². The standard InChI is InChI=1S/C24H20ClF3N4O4/c25-19-10-15(22-29-20(36-30-22)13-31-7-5-17(33)6-8-31)9-16-12-32(23(34)21(16)19)11-14-1-3-18(4-2-14)35-24(26,27)28/h1-4,9-10H,5-8,11-13H2. The van der Waals surface area contributed by atoms with Crippen LogP contribution in [0.2, 0.25) is 5.02 Å². The molecular formula is C24H20ClF3N4O4. The van der Waals surface area contributed by atoms with Gasteiger partial charge in [-0.3, -0.25) is 14.5 Å². The van der Waals surface area contributed by atoms with E-state index >= 15 is 0 Å². The third-order valence-corrected chi connectivity index (χ3v) is 6.36. The number of rotatable bonds is 6. The second-order valence-corrected chi connectivity index (χ2v) is 9.08. The second-order valence-electron chi connectivity index (χ2n) is 8.67. The van der Waals surface area contributed by atoms with E-state index in [0.717, 1.165) is 0 Å². The predicted octanol–water partition coefficient (Wildman–Crippen LogP) is 4.61. The van der Waals surface area contributed by atoms with E-state index in [9.17, 15) is 22.8 Å². The zero-order chi connectivity index (χ0) is 25.4. The number of aromatic nitrogens is 2. The molecule has 8 nitrogen and oxygen atoms in total. The first-order chi connectivity index (χ1) is 17.1. The quantitative estimate of drug-likeness (QED) is 0.469. The smallest absolute Gasteiger partial charge is 0.406 e. The average Bonchev–Trinajstić information content (AvgIpc) is 3.40. The van der Waals surface area contributed by atoms with Crippen molar-refractivity contribution in [3.05, 3.63) is 64.0 Å². The molecule has 1 saturated heterocycles. The summed E-state index contributed by atoms with van der Waals surface area (Å²) in [4.78, 5) is 32.5. The normalized spacial score (nSPS) is 16.5. The van der Waals surface area contributed by atoms with Gasteiger partial charge in [-0.1, -0.05) is 28.9 Å². The molecule has 0 radical (unpaired) electrons. The number of benzene rings is 2. The number of hydrogen-bond donors (Lipinski definition) is 0. The van der Waals surface area contributed by atoms with Crippen LogP contribution >= 0.6 is 11.6 Å². The molecule has 0 aliphatic carbocycles. The lowest BCUT2D eigenvalue weighted by atomic mass is 10.1. The first-order valence-corrected chi connectivity index (χ1v) is 11.6. The molecule has 5 rings (SSSR count). The van der Waals surface area contributed by atoms with Crippen molar-refractivity contribution >= 4 is 23.3 Å². The number of hydrogen-bond acceptors (Lipinski definition) is 7. The van der Waals surface area contributed by atoms with Crippen molar-refractivity contribution in [2.75, 3.05) is 13.1 Å². The van der Waals surface area contributed by atoms with Crippen molar-refractivity contribution in [1.82, 2.24) is 19.9 Å². The van der Waals surface area contributed by atoms with Crippen molar-refractivity contribution in [3.8, 4) is 17.1 Å². The molecule has 188 valence electrons. The van der Waals surface area contributed by atoms with Crippen LogP contribution in [0.4, 0.5) is 13.2 Å². The minimum absolute atomic E-state index is 0.191. The molecule has 1 amide bonds. The number of carbonyl (C=O) groups excluding carboxylic acids is 2. The maximum absolute atomic E-state index is 13.0. The molecule has 0 N–H and O–H groups in total. The number of ketones is 1. The summed E-state index contributed by atoms with van der Waals surface area (Å²) >= 11 is 6.45. The van der Waals surface area contributed by atoms with Gasteiger partial charge in [0.05, 0.1) is 17.1 Å². The lowest BCUT2D eigenvalue weighted by Crippen LogP contribution is -2.33. The van der Waals surface area contributed by atoms with Crippen molar-refractivity contribution in [1.29, 1.82) is 0 Å². The zero-order valence-corrected chi connectivity index (χ0v) is 19.6. The Labute approximate surface area is 208 Å². The second kappa shape index (κ2) is 9.55. The molecule has 2 aliphatic rings. The molecule has 0 bridgehead atoms. The van der Waals surface area contributed by atoms with Gasteiger partial charge in [0.1, 0.15) is 11.5 Å². The van der Waals surface area contributed by atoms with Gasteiger partial charge in [-0.15, -0.1) is 13.2 Å². The van der Waals surface area contributed by atoms with Crippen LogP contribution in [0, 0.1) is 0 Å². The number of piperidine rings is 1. The van der Waals surface area contributed by atoms with Gasteiger partial charge in [0.15, 0.2) is 0 Å². The third-order valence-electron chi connectivity index (χ3n) is 6.06. The van der Waals surface area contributed by atoms with E-state index < -0.39 is 6.36 Å². The molecule has 1 aromatic heterocycles. The molecule has 0 saturated carbocycles. The van der Waals surface area contributed by atoms with E-state index in [1.165, 1.54) is 24.3 Å². The minimum atomic E-state index is -4.77. The van der Waals surface area contributed by atoms with Crippen molar-refractivity contribution in [2.24, 2.45) is 0 Å². The van der Waals surface area contributed by atoms with Gasteiger partial charge in [-0.25, -0.2) is 0 Å². The fourth-order valence-electron chi connectivity index (χ4n) is 4.33. The summed E-state index contributed by atoms with van der Waals surface area (Å²) in [7, 11) is 0. The van der Waals surface area contributed by atoms with Crippen LogP contribution in [-0.4, -0.2) is 51.1 Å². The first kappa shape index (κ1) is 24.3. The van der Waals surface area contributed by atoms with Crippen molar-refractivity contribution < 1.29 is 32.0 Å². The number of carbonyl (C=O) groups is 2. The molecule has 36 heavy (non-hydrogen) atoms. The topological polar surface area (TPSA) is 88.8 Å². The lowest BCUT2D eigenvalue weighted by molar-refractivity contribution is -0.274. The fraction of sp³-hybridized carbons (Fsp3) is 0.333. The van der Waals surface area contributed by atoms with E-state index in [2.05, 4.69) is 19.8 Å². The molecule has 3 heterocycles. The molecule has 1 fully saturated rings. The SMILES string of the molecule is O=C1CCN(Cc2nc(-c3cc(Cl)c4c(c3)CN(Cc3ccc(OC(F)(F)F)cc3)C4=O)no2)CC1. The highest BCUT2D eigenvalue weighted by atomic mass is 35.5. The van der Waals surface area contributed by atoms with E-state index in [1.54, 1.807) is 17.0 Å². The van der Waals surface area contributed by atoms with Gasteiger partial charge < -0.3 is 14.2 Å². The van der Waals surface area contributed by atoms with Gasteiger partial charge in [0, 0.05) is 44.6 Å². The van der Waals surface area contributed by atoms with Crippen LogP contribution < -0.4 is 4.74 Å². The molecule has 3 aromatic rings. The van der Waals surface area contributed by atoms with E-state index in [0.29, 0.717) is 66.4 Å². The number of fused-ring (bicyclic) bond motifs is 1. The van der Waals surface area contributed by atoms with Crippen LogP contribution in [0.5, 0.6) is 5.75 Å². The Morgan fingerprint density at radius 3 is 2.47 bits per heavy atom. The van der Waals surface area contributed by atoms with Crippen LogP contribution in [0.1, 0.15) is 40.2 Å². The van der Waals surface area contributed by atoms with Gasteiger partial charge in [-0.05, 0) is 35.4 Å². The molecular weight excluding hydrogens is 501 g/mol. The molecule has 0 spiro atoms. The number of likely N-dealkylation sites (tertiary alicyclic amines) is 1. The van der Waals surface area contributed by atoms with Crippen LogP contribution in [0.15, 0.2) is 40.9 Å². The highest BCUT2D eigenvalue weighted by Crippen LogP contribution is 2.34. The predicted molar refractivity (Wildman–Crippen MR) is 121 cm³/mol. The van der Waals surface area contributed by atoms with Gasteiger partial charge in [-0.2, -0.15) is 4.98 Å². The minimum Gasteiger partial charge on any atom is -0.406 e. The zero-order valence-electron chi connectivity index (χ0n) is 18.8. The summed E-state index contributed by atoms with van der Waals surface area (Å²) in [6.45, 7) is 2.21. The van der Waals surface area contributed by atoms with Crippen molar-refractivity contribution in [2.45, 2.75) is 38.8 Å². The monoisotopic (exact) mass is 520 g/mol. The Balaban J connectivity index is 1.28. The molecule has 2 aromatic carbocycles. The van der Waals surface area contributed by atoms with E-state index in [-0.39, 0.29) is 35.6 Å². The van der Waals surface area contributed by atoms with E-state index in [4.69, 9.17) is 16.1 Å². The Kier molecular flexibility index (Phi) is 6.44. The average molecular weight is 521 g/mol. The largest absolute Gasteiger partial charge is 0.573 e. The van der Waals surface area contributed by atoms with E-state index in [1.807, 2.05) is 0 Å². The highest BCUT2D eigenvalue weighted by molar-refractivity contribution is 6.34. The summed E-state index contributed by atoms with van der Waals surface area (Å²) in [6.07, 6.45) is -3.75. The Bertz CT molecular complexity index is 1300. The summed E-state index contributed by atoms with van der Waals surface area (Å²) < 4.78 is 46.4. The third kappa shape index (κ3) is 5.36. The number of alkyl halides is 3. The van der Waals surface area contributed by atoms with Crippen LogP contribution in [0.25, 0.3) is 11.4 Å². The summed E-state index contributed by atoms with van der Waals surface area (Å²) in [5, 5.41) is 4.30.